The molecule has 0 unspecified atom stereocenters. The lowest BCUT2D eigenvalue weighted by Crippen LogP contribution is -2.34. The Morgan fingerprint density at radius 3 is 2.94 bits per heavy atom. The summed E-state index contributed by atoms with van der Waals surface area (Å²) >= 11 is 0. The number of imidazole rings is 1. The molecule has 1 saturated heterocycles. The van der Waals surface area contributed by atoms with Crippen molar-refractivity contribution in [3.8, 4) is 0 Å². The van der Waals surface area contributed by atoms with Gasteiger partial charge in [-0.25, -0.2) is 13.4 Å². The molecule has 1 fully saturated rings. The number of sulfonamides is 1. The van der Waals surface area contributed by atoms with Gasteiger partial charge in [-0.15, -0.1) is 0 Å². The highest BCUT2D eigenvalue weighted by Gasteiger charge is 2.26. The molecule has 6 nitrogen and oxygen atoms in total. The number of hydrogen-bond acceptors (Lipinski definition) is 4. The van der Waals surface area contributed by atoms with Crippen molar-refractivity contribution >= 4 is 10.0 Å². The Kier molecular flexibility index (Phi) is 3.80. The lowest BCUT2D eigenvalue weighted by molar-refractivity contribution is 0.430. The van der Waals surface area contributed by atoms with Gasteiger partial charge in [-0.2, -0.15) is 4.31 Å². The van der Waals surface area contributed by atoms with Gasteiger partial charge < -0.3 is 9.88 Å². The van der Waals surface area contributed by atoms with Gasteiger partial charge in [-0.3, -0.25) is 0 Å². The smallest absolute Gasteiger partial charge is 0.262 e. The number of aryl methyl sites for hydroxylation is 1. The number of aromatic nitrogens is 2. The number of rotatable bonds is 3. The summed E-state index contributed by atoms with van der Waals surface area (Å²) in [5.41, 5.74) is 0. The first kappa shape index (κ1) is 12.5. The second-order valence-electron chi connectivity index (χ2n) is 4.05. The maximum absolute atomic E-state index is 12.3. The van der Waals surface area contributed by atoms with Gasteiger partial charge in [-0.05, 0) is 19.9 Å². The van der Waals surface area contributed by atoms with E-state index in [2.05, 4.69) is 10.3 Å². The number of nitrogens with zero attached hydrogens (tertiary/aromatic N) is 3. The van der Waals surface area contributed by atoms with E-state index in [1.165, 1.54) is 4.31 Å². The Labute approximate surface area is 102 Å². The molecule has 0 atom stereocenters. The average molecular weight is 258 g/mol. The summed E-state index contributed by atoms with van der Waals surface area (Å²) in [5.74, 6) is 0. The summed E-state index contributed by atoms with van der Waals surface area (Å²) in [5, 5.41) is 3.34. The molecule has 2 rings (SSSR count). The second-order valence-corrected chi connectivity index (χ2v) is 5.93. The third kappa shape index (κ3) is 2.67. The van der Waals surface area contributed by atoms with E-state index in [0.29, 0.717) is 19.6 Å². The minimum atomic E-state index is -3.41. The summed E-state index contributed by atoms with van der Waals surface area (Å²) in [6, 6.07) is 0. The Morgan fingerprint density at radius 1 is 1.41 bits per heavy atom. The van der Waals surface area contributed by atoms with E-state index in [1.54, 1.807) is 17.1 Å². The first-order valence-electron chi connectivity index (χ1n) is 5.87. The van der Waals surface area contributed by atoms with Gasteiger partial charge in [-0.1, -0.05) is 0 Å². The Hall–Kier alpha value is -0.920. The van der Waals surface area contributed by atoms with Crippen LogP contribution in [-0.2, 0) is 16.6 Å². The van der Waals surface area contributed by atoms with E-state index in [-0.39, 0.29) is 5.03 Å². The van der Waals surface area contributed by atoms with Crippen molar-refractivity contribution in [1.82, 2.24) is 19.2 Å². The molecule has 0 radical (unpaired) electrons. The minimum absolute atomic E-state index is 0.154. The Morgan fingerprint density at radius 2 is 2.24 bits per heavy atom. The molecule has 1 aliphatic heterocycles. The van der Waals surface area contributed by atoms with Gasteiger partial charge in [0, 0.05) is 32.4 Å². The molecule has 0 aromatic carbocycles. The molecule has 1 aromatic rings. The van der Waals surface area contributed by atoms with E-state index in [9.17, 15) is 8.42 Å². The summed E-state index contributed by atoms with van der Waals surface area (Å²) in [7, 11) is -3.41. The van der Waals surface area contributed by atoms with Crippen LogP contribution in [-0.4, -0.2) is 48.5 Å². The molecule has 1 N–H and O–H groups in total. The number of nitrogens with one attached hydrogen (secondary N) is 1. The van der Waals surface area contributed by atoms with Crippen molar-refractivity contribution in [2.45, 2.75) is 24.9 Å². The zero-order valence-electron chi connectivity index (χ0n) is 9.96. The molecular weight excluding hydrogens is 240 g/mol. The lowest BCUT2D eigenvalue weighted by Gasteiger charge is -2.17. The maximum atomic E-state index is 12.3. The third-order valence-corrected chi connectivity index (χ3v) is 4.66. The monoisotopic (exact) mass is 258 g/mol. The molecule has 1 aliphatic rings. The largest absolute Gasteiger partial charge is 0.336 e. The molecular formula is C10H18N4O2S. The van der Waals surface area contributed by atoms with E-state index in [1.807, 2.05) is 6.92 Å². The van der Waals surface area contributed by atoms with Crippen LogP contribution in [0.1, 0.15) is 13.3 Å². The van der Waals surface area contributed by atoms with Crippen molar-refractivity contribution in [1.29, 1.82) is 0 Å². The Balaban J connectivity index is 2.22. The summed E-state index contributed by atoms with van der Waals surface area (Å²) in [6.45, 7) is 5.33. The molecule has 1 aromatic heterocycles. The fourth-order valence-electron chi connectivity index (χ4n) is 1.84. The molecule has 0 aliphatic carbocycles. The van der Waals surface area contributed by atoms with E-state index in [0.717, 1.165) is 19.5 Å². The van der Waals surface area contributed by atoms with Crippen LogP contribution in [0.5, 0.6) is 0 Å². The molecule has 7 heteroatoms. The number of hydrogen-bond donors (Lipinski definition) is 1. The molecule has 0 amide bonds. The normalized spacial score (nSPS) is 19.1. The van der Waals surface area contributed by atoms with E-state index >= 15 is 0 Å². The second kappa shape index (κ2) is 5.16. The quantitative estimate of drug-likeness (QED) is 0.821. The van der Waals surface area contributed by atoms with E-state index in [4.69, 9.17) is 0 Å². The van der Waals surface area contributed by atoms with Crippen LogP contribution in [0.25, 0.3) is 0 Å². The van der Waals surface area contributed by atoms with Crippen LogP contribution in [0.2, 0.25) is 0 Å². The molecule has 0 saturated carbocycles. The van der Waals surface area contributed by atoms with Gasteiger partial charge >= 0.3 is 0 Å². The maximum Gasteiger partial charge on any atom is 0.262 e. The standard InChI is InChI=1S/C10H18N4O2S/c1-2-13-8-10(12-9-13)17(15,16)14-6-3-4-11-5-7-14/h8-9,11H,2-7H2,1H3. The third-order valence-electron chi connectivity index (χ3n) is 2.88. The fourth-order valence-corrected chi connectivity index (χ4v) is 3.25. The first-order valence-corrected chi connectivity index (χ1v) is 7.31. The predicted molar refractivity (Wildman–Crippen MR) is 64.1 cm³/mol. The summed E-state index contributed by atoms with van der Waals surface area (Å²) < 4.78 is 27.9. The molecule has 17 heavy (non-hydrogen) atoms. The zero-order valence-corrected chi connectivity index (χ0v) is 10.8. The van der Waals surface area contributed by atoms with Crippen molar-refractivity contribution in [3.63, 3.8) is 0 Å². The van der Waals surface area contributed by atoms with Crippen LogP contribution in [0.4, 0.5) is 0 Å². The molecule has 96 valence electrons. The molecule has 0 spiro atoms. The highest BCUT2D eigenvalue weighted by atomic mass is 32.2. The summed E-state index contributed by atoms with van der Waals surface area (Å²) in [4.78, 5) is 3.98. The fraction of sp³-hybridized carbons (Fsp3) is 0.700. The van der Waals surface area contributed by atoms with Gasteiger partial charge in [0.05, 0.1) is 6.33 Å². The topological polar surface area (TPSA) is 67.2 Å². The van der Waals surface area contributed by atoms with Crippen molar-refractivity contribution < 1.29 is 8.42 Å². The first-order chi connectivity index (χ1) is 8.14. The van der Waals surface area contributed by atoms with E-state index < -0.39 is 10.0 Å². The van der Waals surface area contributed by atoms with Gasteiger partial charge in [0.1, 0.15) is 0 Å². The Bertz CT molecular complexity index is 460. The highest BCUT2D eigenvalue weighted by molar-refractivity contribution is 7.89. The zero-order chi connectivity index (χ0) is 12.3. The van der Waals surface area contributed by atoms with Gasteiger partial charge in [0.2, 0.25) is 0 Å². The summed E-state index contributed by atoms with van der Waals surface area (Å²) in [6.07, 6.45) is 3.99. The van der Waals surface area contributed by atoms with Crippen molar-refractivity contribution in [2.24, 2.45) is 0 Å². The van der Waals surface area contributed by atoms with Gasteiger partial charge in [0.25, 0.3) is 10.0 Å². The van der Waals surface area contributed by atoms with Crippen LogP contribution >= 0.6 is 0 Å². The van der Waals surface area contributed by atoms with Gasteiger partial charge in [0.15, 0.2) is 5.03 Å². The van der Waals surface area contributed by atoms with Crippen LogP contribution in [0.3, 0.4) is 0 Å². The molecule has 2 heterocycles. The SMILES string of the molecule is CCn1cnc(S(=O)(=O)N2CCCNCC2)c1. The average Bonchev–Trinajstić information content (AvgIpc) is 2.64. The lowest BCUT2D eigenvalue weighted by atomic mass is 10.4. The molecule has 0 bridgehead atoms. The predicted octanol–water partition coefficient (Wildman–Crippen LogP) is -0.113. The van der Waals surface area contributed by atoms with Crippen LogP contribution < -0.4 is 5.32 Å². The van der Waals surface area contributed by atoms with Crippen molar-refractivity contribution in [2.75, 3.05) is 26.2 Å². The van der Waals surface area contributed by atoms with Crippen LogP contribution in [0.15, 0.2) is 17.6 Å². The van der Waals surface area contributed by atoms with Crippen LogP contribution in [0, 0.1) is 0 Å². The minimum Gasteiger partial charge on any atom is -0.336 e. The highest BCUT2D eigenvalue weighted by Crippen LogP contribution is 2.14. The van der Waals surface area contributed by atoms with Crippen molar-refractivity contribution in [3.05, 3.63) is 12.5 Å².